The number of ether oxygens (including phenoxy) is 3. The summed E-state index contributed by atoms with van der Waals surface area (Å²) in [6.07, 6.45) is 4.99. The Bertz CT molecular complexity index is 275. The molecule has 0 spiro atoms. The van der Waals surface area contributed by atoms with Crippen molar-refractivity contribution in [3.63, 3.8) is 0 Å². The van der Waals surface area contributed by atoms with Gasteiger partial charge in [-0.25, -0.2) is 0 Å². The van der Waals surface area contributed by atoms with E-state index < -0.39 is 6.29 Å². The third kappa shape index (κ3) is 4.64. The summed E-state index contributed by atoms with van der Waals surface area (Å²) in [7, 11) is 0. The van der Waals surface area contributed by atoms with Crippen molar-refractivity contribution in [2.45, 2.75) is 57.2 Å². The van der Waals surface area contributed by atoms with E-state index >= 15 is 0 Å². The highest BCUT2D eigenvalue weighted by molar-refractivity contribution is 5.01. The zero-order valence-electron chi connectivity index (χ0n) is 10.1. The molecule has 2 aliphatic rings. The molecule has 0 amide bonds. The number of aliphatic hydroxyl groups excluding tert-OH is 1. The van der Waals surface area contributed by atoms with Crippen LogP contribution in [0.5, 0.6) is 0 Å². The van der Waals surface area contributed by atoms with E-state index in [-0.39, 0.29) is 12.4 Å². The standard InChI is InChI=1S/C13H20O4/c14-12-8-7-11(17-12)5-1-3-9-15-13-6-2-4-10-16-13/h11-14H,2,4-10H2/t11-,12-,13+/m1/s1. The molecule has 3 atom stereocenters. The maximum atomic E-state index is 9.16. The third-order valence-electron chi connectivity index (χ3n) is 3.02. The van der Waals surface area contributed by atoms with Gasteiger partial charge in [-0.1, -0.05) is 11.8 Å². The van der Waals surface area contributed by atoms with Crippen molar-refractivity contribution >= 4 is 0 Å². The van der Waals surface area contributed by atoms with E-state index in [1.807, 2.05) is 0 Å². The topological polar surface area (TPSA) is 47.9 Å². The van der Waals surface area contributed by atoms with E-state index in [9.17, 15) is 0 Å². The number of hydrogen-bond acceptors (Lipinski definition) is 4. The van der Waals surface area contributed by atoms with Crippen molar-refractivity contribution in [1.29, 1.82) is 0 Å². The van der Waals surface area contributed by atoms with Crippen LogP contribution in [0.2, 0.25) is 0 Å². The van der Waals surface area contributed by atoms with Gasteiger partial charge in [0.25, 0.3) is 0 Å². The molecule has 2 rings (SSSR count). The summed E-state index contributed by atoms with van der Waals surface area (Å²) in [5, 5.41) is 9.16. The lowest BCUT2D eigenvalue weighted by Gasteiger charge is -2.21. The van der Waals surface area contributed by atoms with Crippen molar-refractivity contribution in [3.8, 4) is 11.8 Å². The minimum Gasteiger partial charge on any atom is -0.368 e. The second-order valence-corrected chi connectivity index (χ2v) is 4.45. The summed E-state index contributed by atoms with van der Waals surface area (Å²) < 4.78 is 16.2. The maximum Gasteiger partial charge on any atom is 0.158 e. The van der Waals surface area contributed by atoms with E-state index in [4.69, 9.17) is 19.3 Å². The van der Waals surface area contributed by atoms with Gasteiger partial charge in [-0.05, 0) is 25.7 Å². The molecule has 0 bridgehead atoms. The quantitative estimate of drug-likeness (QED) is 0.758. The van der Waals surface area contributed by atoms with Gasteiger partial charge >= 0.3 is 0 Å². The smallest absolute Gasteiger partial charge is 0.158 e. The van der Waals surface area contributed by atoms with Crippen molar-refractivity contribution < 1.29 is 19.3 Å². The second-order valence-electron chi connectivity index (χ2n) is 4.45. The molecular weight excluding hydrogens is 220 g/mol. The summed E-state index contributed by atoms with van der Waals surface area (Å²) in [5.41, 5.74) is 0. The van der Waals surface area contributed by atoms with Gasteiger partial charge in [0.1, 0.15) is 6.61 Å². The predicted molar refractivity (Wildman–Crippen MR) is 62.0 cm³/mol. The summed E-state index contributed by atoms with van der Waals surface area (Å²) in [4.78, 5) is 0. The van der Waals surface area contributed by atoms with Gasteiger partial charge in [0.15, 0.2) is 12.6 Å². The van der Waals surface area contributed by atoms with E-state index in [1.54, 1.807) is 0 Å². The van der Waals surface area contributed by atoms with E-state index in [1.165, 1.54) is 6.42 Å². The Kier molecular flexibility index (Phi) is 5.27. The Hall–Kier alpha value is -0.600. The van der Waals surface area contributed by atoms with Gasteiger partial charge in [-0.2, -0.15) is 0 Å². The Balaban J connectivity index is 1.55. The van der Waals surface area contributed by atoms with Crippen LogP contribution in [0.15, 0.2) is 0 Å². The van der Waals surface area contributed by atoms with Crippen LogP contribution in [0.3, 0.4) is 0 Å². The van der Waals surface area contributed by atoms with Crippen LogP contribution in [-0.4, -0.2) is 37.0 Å². The van der Waals surface area contributed by atoms with Crippen LogP contribution < -0.4 is 0 Å². The number of aliphatic hydroxyl groups is 1. The third-order valence-corrected chi connectivity index (χ3v) is 3.02. The fraction of sp³-hybridized carbons (Fsp3) is 0.846. The molecule has 96 valence electrons. The van der Waals surface area contributed by atoms with Crippen molar-refractivity contribution in [2.75, 3.05) is 13.2 Å². The van der Waals surface area contributed by atoms with Crippen LogP contribution in [0.1, 0.15) is 38.5 Å². The average Bonchev–Trinajstić information content (AvgIpc) is 2.76. The monoisotopic (exact) mass is 240 g/mol. The van der Waals surface area contributed by atoms with Gasteiger partial charge < -0.3 is 19.3 Å². The largest absolute Gasteiger partial charge is 0.368 e. The van der Waals surface area contributed by atoms with Crippen LogP contribution in [0.25, 0.3) is 0 Å². The molecule has 0 unspecified atom stereocenters. The molecule has 0 aromatic heterocycles. The molecule has 0 aromatic rings. The lowest BCUT2D eigenvalue weighted by molar-refractivity contribution is -0.154. The normalized spacial score (nSPS) is 33.1. The number of rotatable bonds is 3. The average molecular weight is 240 g/mol. The lowest BCUT2D eigenvalue weighted by Crippen LogP contribution is -2.22. The Morgan fingerprint density at radius 2 is 2.12 bits per heavy atom. The minimum atomic E-state index is -0.589. The van der Waals surface area contributed by atoms with Crippen LogP contribution >= 0.6 is 0 Å². The minimum absolute atomic E-state index is 0.0670. The molecule has 0 saturated carbocycles. The van der Waals surface area contributed by atoms with Gasteiger partial charge in [-0.3, -0.25) is 0 Å². The summed E-state index contributed by atoms with van der Waals surface area (Å²) in [6, 6.07) is 0. The second kappa shape index (κ2) is 6.97. The van der Waals surface area contributed by atoms with E-state index in [0.717, 1.165) is 32.3 Å². The zero-order chi connectivity index (χ0) is 11.9. The molecule has 2 heterocycles. The van der Waals surface area contributed by atoms with Crippen LogP contribution in [0, 0.1) is 11.8 Å². The van der Waals surface area contributed by atoms with Crippen molar-refractivity contribution in [1.82, 2.24) is 0 Å². The maximum absolute atomic E-state index is 9.16. The lowest BCUT2D eigenvalue weighted by atomic mass is 10.2. The predicted octanol–water partition coefficient (Wildman–Crippen LogP) is 1.42. The number of hydrogen-bond donors (Lipinski definition) is 1. The van der Waals surface area contributed by atoms with Gasteiger partial charge in [0, 0.05) is 19.4 Å². The Morgan fingerprint density at radius 3 is 2.82 bits per heavy atom. The van der Waals surface area contributed by atoms with E-state index in [2.05, 4.69) is 11.8 Å². The molecule has 0 aliphatic carbocycles. The highest BCUT2D eigenvalue weighted by Gasteiger charge is 2.21. The molecule has 0 aromatic carbocycles. The van der Waals surface area contributed by atoms with E-state index in [0.29, 0.717) is 13.0 Å². The molecule has 4 nitrogen and oxygen atoms in total. The first-order valence-electron chi connectivity index (χ1n) is 6.37. The van der Waals surface area contributed by atoms with Crippen molar-refractivity contribution in [3.05, 3.63) is 0 Å². The van der Waals surface area contributed by atoms with Crippen molar-refractivity contribution in [2.24, 2.45) is 0 Å². The highest BCUT2D eigenvalue weighted by Crippen LogP contribution is 2.19. The molecule has 2 saturated heterocycles. The first-order chi connectivity index (χ1) is 8.34. The molecule has 0 radical (unpaired) electrons. The molecule has 2 aliphatic heterocycles. The van der Waals surface area contributed by atoms with Gasteiger partial charge in [-0.15, -0.1) is 0 Å². The van der Waals surface area contributed by atoms with Crippen LogP contribution in [-0.2, 0) is 14.2 Å². The fourth-order valence-corrected chi connectivity index (χ4v) is 2.05. The molecule has 2 fully saturated rings. The van der Waals surface area contributed by atoms with Gasteiger partial charge in [0.2, 0.25) is 0 Å². The Morgan fingerprint density at radius 1 is 1.18 bits per heavy atom. The molecule has 17 heavy (non-hydrogen) atoms. The first kappa shape index (κ1) is 12.8. The molecule has 4 heteroatoms. The fourth-order valence-electron chi connectivity index (χ4n) is 2.05. The summed E-state index contributed by atoms with van der Waals surface area (Å²) in [6.45, 7) is 1.21. The zero-order valence-corrected chi connectivity index (χ0v) is 10.1. The van der Waals surface area contributed by atoms with Gasteiger partial charge in [0.05, 0.1) is 6.10 Å². The SMILES string of the molecule is O[C@H]1CC[C@@H](CC#CCO[C@@H]2CCCCO2)O1. The molecule has 1 N–H and O–H groups in total. The summed E-state index contributed by atoms with van der Waals surface area (Å²) in [5.74, 6) is 5.98. The summed E-state index contributed by atoms with van der Waals surface area (Å²) >= 11 is 0. The Labute approximate surface area is 102 Å². The van der Waals surface area contributed by atoms with Crippen LogP contribution in [0.4, 0.5) is 0 Å². The highest BCUT2D eigenvalue weighted by atomic mass is 16.7. The molecular formula is C13H20O4. The first-order valence-corrected chi connectivity index (χ1v) is 6.37.